The summed E-state index contributed by atoms with van der Waals surface area (Å²) >= 11 is 0. The molecule has 0 spiro atoms. The standard InChI is InChI=1S/C15H20F2N2O/c1-9-6-7-13(10(9)2)18-8-14(20)19-15-11(16)4-3-5-12(15)17/h3-5,9-10,13,18H,6-8H2,1-2H3,(H,19,20). The van der Waals surface area contributed by atoms with Crippen molar-refractivity contribution >= 4 is 11.6 Å². The molecule has 1 aliphatic rings. The van der Waals surface area contributed by atoms with Crippen molar-refractivity contribution in [3.8, 4) is 0 Å². The fraction of sp³-hybridized carbons (Fsp3) is 0.533. The lowest BCUT2D eigenvalue weighted by atomic mass is 9.98. The Morgan fingerprint density at radius 3 is 2.45 bits per heavy atom. The third-order valence-corrected chi connectivity index (χ3v) is 4.22. The first-order valence-electron chi connectivity index (χ1n) is 6.96. The van der Waals surface area contributed by atoms with Crippen LogP contribution in [0.3, 0.4) is 0 Å². The Morgan fingerprint density at radius 2 is 1.90 bits per heavy atom. The van der Waals surface area contributed by atoms with Gasteiger partial charge in [-0.05, 0) is 36.8 Å². The molecule has 1 aliphatic carbocycles. The van der Waals surface area contributed by atoms with E-state index in [1.807, 2.05) is 0 Å². The maximum atomic E-state index is 13.4. The van der Waals surface area contributed by atoms with Gasteiger partial charge in [-0.3, -0.25) is 4.79 Å². The van der Waals surface area contributed by atoms with Crippen LogP contribution in [0.15, 0.2) is 18.2 Å². The van der Waals surface area contributed by atoms with Crippen molar-refractivity contribution in [2.75, 3.05) is 11.9 Å². The molecule has 0 aliphatic heterocycles. The topological polar surface area (TPSA) is 41.1 Å². The van der Waals surface area contributed by atoms with Crippen molar-refractivity contribution in [3.63, 3.8) is 0 Å². The van der Waals surface area contributed by atoms with E-state index in [9.17, 15) is 13.6 Å². The number of hydrogen-bond acceptors (Lipinski definition) is 2. The zero-order chi connectivity index (χ0) is 14.7. The number of halogens is 2. The first-order valence-corrected chi connectivity index (χ1v) is 6.96. The molecule has 1 aromatic rings. The number of nitrogens with one attached hydrogen (secondary N) is 2. The Kier molecular flexibility index (Phi) is 4.70. The molecule has 0 radical (unpaired) electrons. The zero-order valence-electron chi connectivity index (χ0n) is 11.7. The van der Waals surface area contributed by atoms with Crippen LogP contribution in [0.1, 0.15) is 26.7 Å². The minimum Gasteiger partial charge on any atom is -0.320 e. The number of amides is 1. The van der Waals surface area contributed by atoms with Crippen molar-refractivity contribution < 1.29 is 13.6 Å². The monoisotopic (exact) mass is 282 g/mol. The van der Waals surface area contributed by atoms with Gasteiger partial charge in [0.15, 0.2) is 0 Å². The van der Waals surface area contributed by atoms with Crippen LogP contribution >= 0.6 is 0 Å². The molecule has 2 N–H and O–H groups in total. The van der Waals surface area contributed by atoms with E-state index in [0.717, 1.165) is 25.0 Å². The quantitative estimate of drug-likeness (QED) is 0.891. The molecule has 1 amide bonds. The van der Waals surface area contributed by atoms with Crippen LogP contribution in [0.5, 0.6) is 0 Å². The van der Waals surface area contributed by atoms with Gasteiger partial charge in [-0.1, -0.05) is 19.9 Å². The summed E-state index contributed by atoms with van der Waals surface area (Å²) in [6.45, 7) is 4.42. The Morgan fingerprint density at radius 1 is 1.25 bits per heavy atom. The second kappa shape index (κ2) is 6.31. The number of benzene rings is 1. The van der Waals surface area contributed by atoms with Gasteiger partial charge in [0.25, 0.3) is 0 Å². The smallest absolute Gasteiger partial charge is 0.238 e. The molecule has 0 bridgehead atoms. The number of anilines is 1. The molecule has 1 aromatic carbocycles. The Balaban J connectivity index is 1.87. The summed E-state index contributed by atoms with van der Waals surface area (Å²) in [5.41, 5.74) is -0.382. The molecular formula is C15H20F2N2O. The van der Waals surface area contributed by atoms with Crippen LogP contribution in [-0.4, -0.2) is 18.5 Å². The number of carbonyl (C=O) groups is 1. The van der Waals surface area contributed by atoms with Gasteiger partial charge in [-0.25, -0.2) is 8.78 Å². The van der Waals surface area contributed by atoms with Gasteiger partial charge in [-0.15, -0.1) is 0 Å². The summed E-state index contributed by atoms with van der Waals surface area (Å²) in [4.78, 5) is 11.8. The average Bonchev–Trinajstić information content (AvgIpc) is 2.72. The van der Waals surface area contributed by atoms with Gasteiger partial charge in [0, 0.05) is 6.04 Å². The lowest BCUT2D eigenvalue weighted by Gasteiger charge is -2.19. The van der Waals surface area contributed by atoms with E-state index in [1.165, 1.54) is 6.07 Å². The summed E-state index contributed by atoms with van der Waals surface area (Å²) in [6.07, 6.45) is 2.17. The molecule has 3 atom stereocenters. The van der Waals surface area contributed by atoms with Crippen molar-refractivity contribution in [3.05, 3.63) is 29.8 Å². The maximum absolute atomic E-state index is 13.4. The van der Waals surface area contributed by atoms with Gasteiger partial charge < -0.3 is 10.6 Å². The van der Waals surface area contributed by atoms with E-state index < -0.39 is 17.5 Å². The highest BCUT2D eigenvalue weighted by Gasteiger charge is 2.29. The second-order valence-electron chi connectivity index (χ2n) is 5.55. The molecule has 0 saturated heterocycles. The molecular weight excluding hydrogens is 262 g/mol. The highest BCUT2D eigenvalue weighted by atomic mass is 19.1. The van der Waals surface area contributed by atoms with Crippen molar-refractivity contribution in [2.45, 2.75) is 32.7 Å². The molecule has 1 fully saturated rings. The fourth-order valence-electron chi connectivity index (χ4n) is 2.68. The Bertz CT molecular complexity index is 473. The van der Waals surface area contributed by atoms with Crippen LogP contribution in [0, 0.1) is 23.5 Å². The summed E-state index contributed by atoms with van der Waals surface area (Å²) < 4.78 is 26.8. The molecule has 20 heavy (non-hydrogen) atoms. The van der Waals surface area contributed by atoms with Gasteiger partial charge in [0.1, 0.15) is 17.3 Å². The van der Waals surface area contributed by atoms with Crippen molar-refractivity contribution in [1.82, 2.24) is 5.32 Å². The zero-order valence-corrected chi connectivity index (χ0v) is 11.7. The van der Waals surface area contributed by atoms with Crippen LogP contribution in [-0.2, 0) is 4.79 Å². The largest absolute Gasteiger partial charge is 0.320 e. The van der Waals surface area contributed by atoms with E-state index >= 15 is 0 Å². The summed E-state index contributed by atoms with van der Waals surface area (Å²) in [5.74, 6) is -0.810. The van der Waals surface area contributed by atoms with E-state index in [2.05, 4.69) is 24.5 Å². The predicted molar refractivity (Wildman–Crippen MR) is 74.3 cm³/mol. The highest BCUT2D eigenvalue weighted by molar-refractivity contribution is 5.92. The first-order chi connectivity index (χ1) is 9.49. The number of para-hydroxylation sites is 1. The minimum absolute atomic E-state index is 0.0650. The molecule has 0 aromatic heterocycles. The van der Waals surface area contributed by atoms with Gasteiger partial charge in [-0.2, -0.15) is 0 Å². The third-order valence-electron chi connectivity index (χ3n) is 4.22. The summed E-state index contributed by atoms with van der Waals surface area (Å²) in [5, 5.41) is 5.44. The summed E-state index contributed by atoms with van der Waals surface area (Å²) in [7, 11) is 0. The van der Waals surface area contributed by atoms with Crippen LogP contribution in [0.4, 0.5) is 14.5 Å². The lowest BCUT2D eigenvalue weighted by molar-refractivity contribution is -0.115. The highest BCUT2D eigenvalue weighted by Crippen LogP contribution is 2.30. The SMILES string of the molecule is CC1CCC(NCC(=O)Nc2c(F)cccc2F)C1C. The molecule has 1 saturated carbocycles. The van der Waals surface area contributed by atoms with E-state index in [4.69, 9.17) is 0 Å². The molecule has 0 heterocycles. The van der Waals surface area contributed by atoms with Gasteiger partial charge >= 0.3 is 0 Å². The number of rotatable bonds is 4. The molecule has 2 rings (SSSR count). The molecule has 3 nitrogen and oxygen atoms in total. The molecule has 5 heteroatoms. The lowest BCUT2D eigenvalue weighted by Crippen LogP contribution is -2.38. The number of hydrogen-bond donors (Lipinski definition) is 2. The molecule has 3 unspecified atom stereocenters. The average molecular weight is 282 g/mol. The second-order valence-corrected chi connectivity index (χ2v) is 5.55. The summed E-state index contributed by atoms with van der Waals surface area (Å²) in [6, 6.07) is 3.79. The van der Waals surface area contributed by atoms with Gasteiger partial charge in [0.2, 0.25) is 5.91 Å². The van der Waals surface area contributed by atoms with E-state index in [-0.39, 0.29) is 12.2 Å². The normalized spacial score (nSPS) is 25.7. The predicted octanol–water partition coefficient (Wildman–Crippen LogP) is 2.93. The number of carbonyl (C=O) groups excluding carboxylic acids is 1. The van der Waals surface area contributed by atoms with Crippen molar-refractivity contribution in [2.24, 2.45) is 11.8 Å². The fourth-order valence-corrected chi connectivity index (χ4v) is 2.68. The van der Waals surface area contributed by atoms with Crippen LogP contribution in [0.2, 0.25) is 0 Å². The Labute approximate surface area is 117 Å². The van der Waals surface area contributed by atoms with E-state index in [1.54, 1.807) is 0 Å². The van der Waals surface area contributed by atoms with Crippen LogP contribution < -0.4 is 10.6 Å². The molecule has 110 valence electrons. The minimum atomic E-state index is -0.763. The Hall–Kier alpha value is -1.49. The van der Waals surface area contributed by atoms with Crippen LogP contribution in [0.25, 0.3) is 0 Å². The first kappa shape index (κ1) is 14.9. The van der Waals surface area contributed by atoms with Crippen molar-refractivity contribution in [1.29, 1.82) is 0 Å². The third kappa shape index (κ3) is 3.33. The maximum Gasteiger partial charge on any atom is 0.238 e. The van der Waals surface area contributed by atoms with E-state index in [0.29, 0.717) is 17.9 Å². The van der Waals surface area contributed by atoms with Gasteiger partial charge in [0.05, 0.1) is 6.54 Å².